The summed E-state index contributed by atoms with van der Waals surface area (Å²) in [5, 5.41) is 55.5. The molecule has 0 bridgehead atoms. The molecule has 15 amide bonds. The second kappa shape index (κ2) is 42.7. The average molecular weight is 1370 g/mol. The van der Waals surface area contributed by atoms with E-state index >= 15 is 0 Å². The second-order valence-electron chi connectivity index (χ2n) is 25.6. The van der Waals surface area contributed by atoms with Gasteiger partial charge in [-0.3, -0.25) is 76.7 Å². The van der Waals surface area contributed by atoms with Crippen LogP contribution in [0, 0.1) is 23.7 Å². The molecule has 1 fully saturated rings. The van der Waals surface area contributed by atoms with Gasteiger partial charge in [0, 0.05) is 25.8 Å². The Morgan fingerprint density at radius 3 is 1.26 bits per heavy atom. The summed E-state index contributed by atoms with van der Waals surface area (Å²) in [5.41, 5.74) is 32.6. The molecule has 25 N–H and O–H groups in total. The van der Waals surface area contributed by atoms with Crippen LogP contribution in [0.3, 0.4) is 0 Å². The van der Waals surface area contributed by atoms with Gasteiger partial charge in [-0.1, -0.05) is 55.4 Å². The molecule has 1 aliphatic rings. The summed E-state index contributed by atoms with van der Waals surface area (Å²) >= 11 is 0. The van der Waals surface area contributed by atoms with Gasteiger partial charge in [0.25, 0.3) is 0 Å². The average Bonchev–Trinajstić information content (AvgIpc) is 1.42. The normalized spacial score (nSPS) is 16.7. The molecule has 0 radical (unpaired) electrons. The number of hydrogen-bond donors (Lipinski definition) is 19. The van der Waals surface area contributed by atoms with Gasteiger partial charge < -0.3 is 108 Å². The molecular formula is C60H105N17O19. The van der Waals surface area contributed by atoms with E-state index in [0.29, 0.717) is 19.4 Å². The third kappa shape index (κ3) is 31.3. The molecule has 96 heavy (non-hydrogen) atoms. The van der Waals surface area contributed by atoms with E-state index in [2.05, 4.69) is 53.2 Å². The Hall–Kier alpha value is -8.64. The molecule has 0 aromatic carbocycles. The molecule has 36 heteroatoms. The number of carboxylic acid groups (broad SMARTS) is 1. The highest BCUT2D eigenvalue weighted by atomic mass is 16.4. The summed E-state index contributed by atoms with van der Waals surface area (Å²) in [6.07, 6.45) is -4.09. The molecule has 0 unspecified atom stereocenters. The summed E-state index contributed by atoms with van der Waals surface area (Å²) in [4.78, 5) is 213. The SMILES string of the molecule is CC(C)C[C@H](NC(=O)[C@H](CC(C)C)NC(=O)[C@@H](NC(=O)[C@H](CC(C)C)NC(=O)[C@@H]1CCCN1C(=O)[C@H](CO)NC(=O)[C@@H](NC(=O)[C@H](CCC(N)=O)NC(=O)[C@H](CCC(=O)O)NC(=O)[C@H](CCC(N)=O)NC(=O)[C@@H](N)CC(N)=O)C(C)C)[C@@H](C)O)C(=O)N[C@@H](CCCCN)C(N)=O. The van der Waals surface area contributed by atoms with Crippen LogP contribution in [-0.2, 0) is 76.7 Å². The molecule has 1 aliphatic heterocycles. The van der Waals surface area contributed by atoms with Crippen LogP contribution in [0.5, 0.6) is 0 Å². The number of unbranched alkanes of at least 4 members (excludes halogenated alkanes) is 1. The van der Waals surface area contributed by atoms with E-state index in [0.717, 1.165) is 4.90 Å². The summed E-state index contributed by atoms with van der Waals surface area (Å²) < 4.78 is 0. The van der Waals surface area contributed by atoms with Crippen LogP contribution in [0.1, 0.15) is 159 Å². The number of carbonyl (C=O) groups is 16. The zero-order chi connectivity index (χ0) is 73.4. The predicted octanol–water partition coefficient (Wildman–Crippen LogP) is -6.79. The maximum atomic E-state index is 14.3. The Kier molecular flexibility index (Phi) is 38.0. The van der Waals surface area contributed by atoms with Crippen LogP contribution in [-0.4, -0.2) is 213 Å². The fourth-order valence-electron chi connectivity index (χ4n) is 10.1. The second-order valence-corrected chi connectivity index (χ2v) is 25.6. The van der Waals surface area contributed by atoms with Gasteiger partial charge in [-0.25, -0.2) is 0 Å². The van der Waals surface area contributed by atoms with E-state index in [1.807, 2.05) is 0 Å². The first-order valence-corrected chi connectivity index (χ1v) is 32.2. The number of nitrogens with one attached hydrogen (secondary N) is 10. The van der Waals surface area contributed by atoms with Crippen LogP contribution >= 0.6 is 0 Å². The minimum Gasteiger partial charge on any atom is -0.481 e. The van der Waals surface area contributed by atoms with Gasteiger partial charge in [0.1, 0.15) is 66.5 Å². The summed E-state index contributed by atoms with van der Waals surface area (Å²) in [5.74, 6) is -17.5. The Morgan fingerprint density at radius 2 is 0.844 bits per heavy atom. The summed E-state index contributed by atoms with van der Waals surface area (Å²) in [7, 11) is 0. The fourth-order valence-corrected chi connectivity index (χ4v) is 10.1. The number of carboxylic acids is 1. The number of nitrogens with two attached hydrogens (primary N) is 6. The number of aliphatic hydroxyl groups excluding tert-OH is 2. The highest BCUT2D eigenvalue weighted by Crippen LogP contribution is 2.21. The Labute approximate surface area is 558 Å². The van der Waals surface area contributed by atoms with E-state index in [1.54, 1.807) is 41.5 Å². The summed E-state index contributed by atoms with van der Waals surface area (Å²) in [6, 6.07) is -18.1. The standard InChI is InChI=1S/C60H105N17O19/c1-28(2)23-38(54(90)67-34(49(66)85)13-10-11-21-61)71-55(91)39(24-29(3)4)73-59(95)48(32(9)79)76-56(92)40(25-30(5)6)72-57(93)42-14-12-22-77(42)60(96)41(27-78)74-58(94)47(31(7)8)75-53(89)36(16-19-44(64)81)69-52(88)37(17-20-46(83)84)70-51(87)35(15-18-43(63)80)68-50(86)33(62)26-45(65)82/h28-42,47-48,78-79H,10-27,61-62H2,1-9H3,(H2,63,80)(H2,64,81)(H2,65,82)(H2,66,85)(H,67,90)(H,68,86)(H,69,88)(H,70,87)(H,71,91)(H,72,93)(H,73,95)(H,74,94)(H,75,89)(H,76,92)(H,83,84)/t32-,33+,34+,35+,36+,37+,38+,39+,40+,41+,42+,47+,48+/m1/s1. The van der Waals surface area contributed by atoms with Gasteiger partial charge in [-0.15, -0.1) is 0 Å². The number of amides is 15. The van der Waals surface area contributed by atoms with Gasteiger partial charge in [0.2, 0.25) is 88.6 Å². The van der Waals surface area contributed by atoms with E-state index in [1.165, 1.54) is 20.8 Å². The summed E-state index contributed by atoms with van der Waals surface area (Å²) in [6.45, 7) is 14.0. The zero-order valence-corrected chi connectivity index (χ0v) is 56.3. The molecule has 544 valence electrons. The highest BCUT2D eigenvalue weighted by molar-refractivity contribution is 6.00. The monoisotopic (exact) mass is 1370 g/mol. The van der Waals surface area contributed by atoms with Crippen molar-refractivity contribution in [1.29, 1.82) is 0 Å². The highest BCUT2D eigenvalue weighted by Gasteiger charge is 2.42. The van der Waals surface area contributed by atoms with E-state index in [-0.39, 0.29) is 62.8 Å². The van der Waals surface area contributed by atoms with Crippen molar-refractivity contribution >= 4 is 94.6 Å². The molecule has 1 heterocycles. The maximum Gasteiger partial charge on any atom is 0.303 e. The number of carbonyl (C=O) groups excluding carboxylic acids is 15. The molecule has 1 saturated heterocycles. The lowest BCUT2D eigenvalue weighted by atomic mass is 9.99. The lowest BCUT2D eigenvalue weighted by molar-refractivity contribution is -0.143. The Balaban J connectivity index is 3.46. The number of hydrogen-bond acceptors (Lipinski definition) is 20. The number of likely N-dealkylation sites (tertiary alicyclic amines) is 1. The Bertz CT molecular complexity index is 2710. The van der Waals surface area contributed by atoms with Crippen molar-refractivity contribution < 1.29 is 92.0 Å². The third-order valence-corrected chi connectivity index (χ3v) is 15.2. The molecule has 0 aliphatic carbocycles. The first-order valence-electron chi connectivity index (χ1n) is 32.2. The van der Waals surface area contributed by atoms with E-state index in [9.17, 15) is 92.0 Å². The lowest BCUT2D eigenvalue weighted by Crippen LogP contribution is -2.62. The van der Waals surface area contributed by atoms with Crippen molar-refractivity contribution in [2.75, 3.05) is 19.7 Å². The minimum atomic E-state index is -1.81. The van der Waals surface area contributed by atoms with Crippen LogP contribution in [0.15, 0.2) is 0 Å². The van der Waals surface area contributed by atoms with Gasteiger partial charge in [-0.05, 0) is 108 Å². The van der Waals surface area contributed by atoms with Crippen LogP contribution in [0.25, 0.3) is 0 Å². The molecule has 0 aromatic rings. The van der Waals surface area contributed by atoms with Crippen LogP contribution in [0.2, 0.25) is 0 Å². The van der Waals surface area contributed by atoms with Crippen molar-refractivity contribution in [3.8, 4) is 0 Å². The molecule has 13 atom stereocenters. The van der Waals surface area contributed by atoms with Gasteiger partial charge in [0.05, 0.1) is 25.2 Å². The van der Waals surface area contributed by atoms with Crippen molar-refractivity contribution in [2.24, 2.45) is 58.1 Å². The van der Waals surface area contributed by atoms with Crippen molar-refractivity contribution in [3.05, 3.63) is 0 Å². The van der Waals surface area contributed by atoms with Gasteiger partial charge in [-0.2, -0.15) is 0 Å². The minimum absolute atomic E-state index is 0.0284. The molecule has 0 spiro atoms. The molecule has 1 rings (SSSR count). The maximum absolute atomic E-state index is 14.3. The molecule has 36 nitrogen and oxygen atoms in total. The first-order chi connectivity index (χ1) is 44.7. The molecular weight excluding hydrogens is 1260 g/mol. The Morgan fingerprint density at radius 1 is 0.458 bits per heavy atom. The number of aliphatic carboxylic acids is 1. The quantitative estimate of drug-likeness (QED) is 0.0252. The van der Waals surface area contributed by atoms with E-state index < -0.39 is 231 Å². The topological polar surface area (TPSA) is 613 Å². The van der Waals surface area contributed by atoms with Crippen LogP contribution < -0.4 is 87.6 Å². The fraction of sp³-hybridized carbons (Fsp3) is 0.733. The molecule has 0 saturated carbocycles. The van der Waals surface area contributed by atoms with Crippen molar-refractivity contribution in [1.82, 2.24) is 58.1 Å². The number of nitrogens with zero attached hydrogens (tertiary/aromatic N) is 1. The number of primary amides is 4. The number of aliphatic hydroxyl groups is 2. The third-order valence-electron chi connectivity index (χ3n) is 15.2. The number of rotatable bonds is 46. The van der Waals surface area contributed by atoms with Gasteiger partial charge >= 0.3 is 5.97 Å². The van der Waals surface area contributed by atoms with Crippen molar-refractivity contribution in [2.45, 2.75) is 237 Å². The first kappa shape index (κ1) is 85.4. The van der Waals surface area contributed by atoms with Gasteiger partial charge in [0.15, 0.2) is 0 Å². The largest absolute Gasteiger partial charge is 0.481 e. The smallest absolute Gasteiger partial charge is 0.303 e. The van der Waals surface area contributed by atoms with Crippen molar-refractivity contribution in [3.63, 3.8) is 0 Å². The zero-order valence-electron chi connectivity index (χ0n) is 56.3. The van der Waals surface area contributed by atoms with Crippen LogP contribution in [0.4, 0.5) is 0 Å². The van der Waals surface area contributed by atoms with E-state index in [4.69, 9.17) is 34.4 Å². The predicted molar refractivity (Wildman–Crippen MR) is 344 cm³/mol. The lowest BCUT2D eigenvalue weighted by Gasteiger charge is -2.31. The molecule has 0 aromatic heterocycles.